The molecule has 11 aromatic rings. The van der Waals surface area contributed by atoms with Crippen LogP contribution in [0, 0.1) is 0 Å². The Morgan fingerprint density at radius 3 is 1.96 bits per heavy atom. The molecule has 0 unspecified atom stereocenters. The van der Waals surface area contributed by atoms with E-state index >= 15 is 0 Å². The minimum Gasteiger partial charge on any atom is -0.308 e. The highest BCUT2D eigenvalue weighted by molar-refractivity contribution is 7.26. The third-order valence-electron chi connectivity index (χ3n) is 9.77. The standard InChI is InChI=1S/C43H25N7S/c1-3-12-35-29(10-1)32-22-28(49-37-18-16-31-30-11-2-4-14-39(30)51-42(31)40(37)41-38(49)13-7-21-46-41)15-17-36(32)50(35)43-47-33(26-8-5-19-44-24-26)23-34(48-43)27-9-6-20-45-25-27/h1-25H. The molecule has 51 heavy (non-hydrogen) atoms. The average molecular weight is 672 g/mol. The third kappa shape index (κ3) is 4.20. The Morgan fingerprint density at radius 1 is 0.490 bits per heavy atom. The van der Waals surface area contributed by atoms with Gasteiger partial charge in [-0.05, 0) is 78.9 Å². The van der Waals surface area contributed by atoms with Gasteiger partial charge in [0.15, 0.2) is 0 Å². The topological polar surface area (TPSA) is 74.3 Å². The van der Waals surface area contributed by atoms with Gasteiger partial charge in [0.1, 0.15) is 0 Å². The number of hydrogen-bond acceptors (Lipinski definition) is 6. The second kappa shape index (κ2) is 10.9. The molecule has 0 aliphatic rings. The molecule has 7 aromatic heterocycles. The van der Waals surface area contributed by atoms with Gasteiger partial charge in [0.2, 0.25) is 5.95 Å². The summed E-state index contributed by atoms with van der Waals surface area (Å²) in [5.41, 5.74) is 9.76. The summed E-state index contributed by atoms with van der Waals surface area (Å²) in [6.07, 6.45) is 9.12. The quantitative estimate of drug-likeness (QED) is 0.186. The molecule has 0 N–H and O–H groups in total. The molecule has 0 aliphatic carbocycles. The van der Waals surface area contributed by atoms with Crippen LogP contribution in [0.5, 0.6) is 0 Å². The number of nitrogens with zero attached hydrogens (tertiary/aromatic N) is 7. The lowest BCUT2D eigenvalue weighted by Crippen LogP contribution is -2.04. The highest BCUT2D eigenvalue weighted by atomic mass is 32.1. The molecular formula is C43H25N7S. The maximum atomic E-state index is 5.15. The van der Waals surface area contributed by atoms with Gasteiger partial charge in [-0.25, -0.2) is 9.97 Å². The van der Waals surface area contributed by atoms with Crippen molar-refractivity contribution in [2.75, 3.05) is 0 Å². The van der Waals surface area contributed by atoms with E-state index in [1.807, 2.05) is 66.3 Å². The highest BCUT2D eigenvalue weighted by Gasteiger charge is 2.21. The molecule has 0 amide bonds. The number of fused-ring (bicyclic) bond motifs is 10. The summed E-state index contributed by atoms with van der Waals surface area (Å²) in [5, 5.41) is 5.98. The largest absolute Gasteiger partial charge is 0.308 e. The first-order chi connectivity index (χ1) is 25.3. The van der Waals surface area contributed by atoms with E-state index in [1.54, 1.807) is 12.4 Å². The van der Waals surface area contributed by atoms with E-state index in [1.165, 1.54) is 25.6 Å². The fourth-order valence-corrected chi connectivity index (χ4v) is 8.79. The van der Waals surface area contributed by atoms with Gasteiger partial charge in [0.05, 0.1) is 39.0 Å². The second-order valence-electron chi connectivity index (χ2n) is 12.6. The molecule has 7 heterocycles. The number of rotatable bonds is 4. The van der Waals surface area contributed by atoms with Crippen LogP contribution in [0.3, 0.4) is 0 Å². The first-order valence-corrected chi connectivity index (χ1v) is 17.5. The normalized spacial score (nSPS) is 11.9. The number of hydrogen-bond donors (Lipinski definition) is 0. The zero-order chi connectivity index (χ0) is 33.5. The van der Waals surface area contributed by atoms with Crippen molar-refractivity contribution >= 4 is 75.3 Å². The molecule has 0 fully saturated rings. The first-order valence-electron chi connectivity index (χ1n) is 16.7. The number of pyridine rings is 3. The summed E-state index contributed by atoms with van der Waals surface area (Å²) < 4.78 is 7.08. The molecule has 0 spiro atoms. The molecule has 0 saturated carbocycles. The van der Waals surface area contributed by atoms with Crippen LogP contribution in [0.4, 0.5) is 0 Å². The van der Waals surface area contributed by atoms with E-state index in [0.29, 0.717) is 5.95 Å². The monoisotopic (exact) mass is 671 g/mol. The predicted molar refractivity (Wildman–Crippen MR) is 208 cm³/mol. The van der Waals surface area contributed by atoms with Gasteiger partial charge in [-0.15, -0.1) is 11.3 Å². The van der Waals surface area contributed by atoms with Gasteiger partial charge in [-0.2, -0.15) is 0 Å². The van der Waals surface area contributed by atoms with Crippen LogP contribution in [0.2, 0.25) is 0 Å². The van der Waals surface area contributed by atoms with Crippen molar-refractivity contribution in [2.45, 2.75) is 0 Å². The molecule has 0 atom stereocenters. The summed E-state index contributed by atoms with van der Waals surface area (Å²) >= 11 is 1.84. The molecule has 8 heteroatoms. The second-order valence-corrected chi connectivity index (χ2v) is 13.7. The van der Waals surface area contributed by atoms with Crippen molar-refractivity contribution in [3.63, 3.8) is 0 Å². The van der Waals surface area contributed by atoms with E-state index in [2.05, 4.69) is 104 Å². The van der Waals surface area contributed by atoms with Crippen LogP contribution in [0.25, 0.3) is 98.1 Å². The zero-order valence-electron chi connectivity index (χ0n) is 27.0. The summed E-state index contributed by atoms with van der Waals surface area (Å²) in [4.78, 5) is 24.0. The van der Waals surface area contributed by atoms with E-state index in [0.717, 1.165) is 66.6 Å². The van der Waals surface area contributed by atoms with Crippen LogP contribution in [0.15, 0.2) is 152 Å². The summed E-state index contributed by atoms with van der Waals surface area (Å²) in [6.45, 7) is 0. The van der Waals surface area contributed by atoms with E-state index in [-0.39, 0.29) is 0 Å². The summed E-state index contributed by atoms with van der Waals surface area (Å²) in [6, 6.07) is 42.5. The van der Waals surface area contributed by atoms with Gasteiger partial charge >= 0.3 is 0 Å². The fourth-order valence-electron chi connectivity index (χ4n) is 7.55. The first kappa shape index (κ1) is 28.1. The van der Waals surface area contributed by atoms with Crippen LogP contribution in [-0.2, 0) is 0 Å². The minimum absolute atomic E-state index is 0.586. The van der Waals surface area contributed by atoms with Crippen LogP contribution in [0.1, 0.15) is 0 Å². The Bertz CT molecular complexity index is 3080. The van der Waals surface area contributed by atoms with E-state index in [9.17, 15) is 0 Å². The lowest BCUT2D eigenvalue weighted by Gasteiger charge is -2.12. The SMILES string of the molecule is c1cncc(-c2cc(-c3cccnc3)nc(-n3c4ccccc4c4cc(-n5c6cccnc6c6c7sc8ccccc8c7ccc65)ccc43)n2)c1. The molecule has 7 nitrogen and oxygen atoms in total. The summed E-state index contributed by atoms with van der Waals surface area (Å²) in [7, 11) is 0. The smallest absolute Gasteiger partial charge is 0.235 e. The lowest BCUT2D eigenvalue weighted by atomic mass is 10.1. The van der Waals surface area contributed by atoms with Crippen molar-refractivity contribution in [1.29, 1.82) is 0 Å². The van der Waals surface area contributed by atoms with Crippen molar-refractivity contribution < 1.29 is 0 Å². The molecule has 0 bridgehead atoms. The van der Waals surface area contributed by atoms with Crippen LogP contribution in [-0.4, -0.2) is 34.1 Å². The number of para-hydroxylation sites is 1. The molecule has 4 aromatic carbocycles. The number of aromatic nitrogens is 7. The van der Waals surface area contributed by atoms with E-state index in [4.69, 9.17) is 15.0 Å². The van der Waals surface area contributed by atoms with Crippen LogP contribution < -0.4 is 0 Å². The van der Waals surface area contributed by atoms with Gasteiger partial charge in [-0.1, -0.05) is 42.5 Å². The third-order valence-corrected chi connectivity index (χ3v) is 11.0. The minimum atomic E-state index is 0.586. The zero-order valence-corrected chi connectivity index (χ0v) is 27.8. The molecule has 238 valence electrons. The van der Waals surface area contributed by atoms with Gasteiger partial charge in [0, 0.05) is 84.1 Å². The number of benzene rings is 4. The van der Waals surface area contributed by atoms with Gasteiger partial charge in [0.25, 0.3) is 0 Å². The molecule has 11 rings (SSSR count). The van der Waals surface area contributed by atoms with Crippen molar-refractivity contribution in [3.8, 4) is 34.2 Å². The Morgan fingerprint density at radius 2 is 1.18 bits per heavy atom. The predicted octanol–water partition coefficient (Wildman–Crippen LogP) is 10.6. The van der Waals surface area contributed by atoms with Crippen molar-refractivity contribution in [1.82, 2.24) is 34.1 Å². The Labute approximate surface area is 294 Å². The maximum Gasteiger partial charge on any atom is 0.235 e. The molecular weight excluding hydrogens is 647 g/mol. The van der Waals surface area contributed by atoms with Crippen LogP contribution >= 0.6 is 11.3 Å². The lowest BCUT2D eigenvalue weighted by molar-refractivity contribution is 0.994. The Kier molecular flexibility index (Phi) is 5.99. The maximum absolute atomic E-state index is 5.15. The van der Waals surface area contributed by atoms with Crippen molar-refractivity contribution in [3.05, 3.63) is 152 Å². The average Bonchev–Trinajstić information content (AvgIpc) is 3.86. The van der Waals surface area contributed by atoms with Gasteiger partial charge in [-0.3, -0.25) is 19.5 Å². The van der Waals surface area contributed by atoms with Gasteiger partial charge < -0.3 is 4.57 Å². The Hall–Kier alpha value is -6.77. The molecule has 0 aliphatic heterocycles. The fraction of sp³-hybridized carbons (Fsp3) is 0. The Balaban J connectivity index is 1.18. The molecule has 0 radical (unpaired) electrons. The highest BCUT2D eigenvalue weighted by Crippen LogP contribution is 2.43. The summed E-state index contributed by atoms with van der Waals surface area (Å²) in [5.74, 6) is 0.586. The number of thiophene rings is 1. The van der Waals surface area contributed by atoms with Crippen molar-refractivity contribution in [2.24, 2.45) is 0 Å². The van der Waals surface area contributed by atoms with E-state index < -0.39 is 0 Å². The molecule has 0 saturated heterocycles.